The number of amides is 1. The highest BCUT2D eigenvalue weighted by Crippen LogP contribution is 2.31. The highest BCUT2D eigenvalue weighted by molar-refractivity contribution is 5.94. The van der Waals surface area contributed by atoms with Crippen LogP contribution in [-0.2, 0) is 0 Å². The molecule has 6 nitrogen and oxygen atoms in total. The average molecular weight is 280 g/mol. The molecule has 6 heteroatoms. The molecule has 0 bridgehead atoms. The number of aromatic hydroxyl groups is 1. The first kappa shape index (κ1) is 14.6. The fraction of sp³-hybridized carbons (Fsp3) is 0.571. The maximum atomic E-state index is 11.9. The Hall–Kier alpha value is -1.82. The van der Waals surface area contributed by atoms with Gasteiger partial charge in [-0.15, -0.1) is 0 Å². The lowest BCUT2D eigenvalue weighted by Crippen LogP contribution is -2.45. The van der Waals surface area contributed by atoms with Crippen molar-refractivity contribution in [2.75, 3.05) is 6.54 Å². The summed E-state index contributed by atoms with van der Waals surface area (Å²) in [5.74, 6) is -0.220. The monoisotopic (exact) mass is 280 g/mol. The number of rotatable bonds is 3. The van der Waals surface area contributed by atoms with E-state index >= 15 is 0 Å². The van der Waals surface area contributed by atoms with Gasteiger partial charge in [-0.1, -0.05) is 6.92 Å². The molecule has 1 heterocycles. The van der Waals surface area contributed by atoms with Crippen molar-refractivity contribution in [3.63, 3.8) is 0 Å². The summed E-state index contributed by atoms with van der Waals surface area (Å²) in [5.41, 5.74) is -1.33. The van der Waals surface area contributed by atoms with Crippen LogP contribution in [0, 0.1) is 5.92 Å². The van der Waals surface area contributed by atoms with E-state index in [-0.39, 0.29) is 18.0 Å². The van der Waals surface area contributed by atoms with Gasteiger partial charge in [0.2, 0.25) is 0 Å². The van der Waals surface area contributed by atoms with Gasteiger partial charge in [-0.2, -0.15) is 0 Å². The van der Waals surface area contributed by atoms with Crippen molar-refractivity contribution in [3.8, 4) is 5.88 Å². The van der Waals surface area contributed by atoms with Crippen LogP contribution in [0.25, 0.3) is 0 Å². The molecule has 1 aromatic rings. The normalized spacial score (nSPS) is 26.2. The largest absolute Gasteiger partial charge is 0.494 e. The molecule has 1 fully saturated rings. The van der Waals surface area contributed by atoms with Gasteiger partial charge >= 0.3 is 0 Å². The summed E-state index contributed by atoms with van der Waals surface area (Å²) in [6.07, 6.45) is 3.21. The molecule has 2 rings (SSSR count). The number of nitrogens with one attached hydrogen (secondary N) is 2. The number of hydrogen-bond donors (Lipinski definition) is 4. The SMILES string of the molecule is CC1CCC(O)(CNC(=O)c2cc(O)[nH]c(=O)c2)CC1. The van der Waals surface area contributed by atoms with Gasteiger partial charge in [0.1, 0.15) is 0 Å². The first-order valence-corrected chi connectivity index (χ1v) is 6.82. The summed E-state index contributed by atoms with van der Waals surface area (Å²) < 4.78 is 0. The van der Waals surface area contributed by atoms with Crippen LogP contribution in [0.3, 0.4) is 0 Å². The Labute approximate surface area is 116 Å². The zero-order valence-electron chi connectivity index (χ0n) is 11.5. The van der Waals surface area contributed by atoms with Crippen LogP contribution < -0.4 is 10.9 Å². The van der Waals surface area contributed by atoms with E-state index in [1.165, 1.54) is 6.07 Å². The molecule has 1 saturated carbocycles. The van der Waals surface area contributed by atoms with Crippen LogP contribution in [0.1, 0.15) is 43.0 Å². The fourth-order valence-corrected chi connectivity index (χ4v) is 2.48. The highest BCUT2D eigenvalue weighted by atomic mass is 16.3. The van der Waals surface area contributed by atoms with Crippen molar-refractivity contribution in [1.29, 1.82) is 0 Å². The summed E-state index contributed by atoms with van der Waals surface area (Å²) in [7, 11) is 0. The van der Waals surface area contributed by atoms with Gasteiger partial charge in [0, 0.05) is 18.7 Å². The van der Waals surface area contributed by atoms with E-state index in [0.717, 1.165) is 18.9 Å². The maximum Gasteiger partial charge on any atom is 0.251 e. The quantitative estimate of drug-likeness (QED) is 0.656. The van der Waals surface area contributed by atoms with E-state index < -0.39 is 17.1 Å². The second-order valence-electron chi connectivity index (χ2n) is 5.71. The molecular weight excluding hydrogens is 260 g/mol. The predicted octanol–water partition coefficient (Wildman–Crippen LogP) is 0.751. The lowest BCUT2D eigenvalue weighted by Gasteiger charge is -2.34. The van der Waals surface area contributed by atoms with Crippen molar-refractivity contribution < 1.29 is 15.0 Å². The number of H-pyrrole nitrogens is 1. The average Bonchev–Trinajstić information content (AvgIpc) is 2.39. The van der Waals surface area contributed by atoms with Gasteiger partial charge in [0.25, 0.3) is 11.5 Å². The molecule has 0 radical (unpaired) electrons. The first-order valence-electron chi connectivity index (χ1n) is 6.82. The molecule has 4 N–H and O–H groups in total. The number of carbonyl (C=O) groups is 1. The van der Waals surface area contributed by atoms with E-state index in [4.69, 9.17) is 0 Å². The molecule has 0 aliphatic heterocycles. The molecule has 110 valence electrons. The third-order valence-electron chi connectivity index (χ3n) is 3.88. The zero-order valence-corrected chi connectivity index (χ0v) is 11.5. The van der Waals surface area contributed by atoms with E-state index in [1.807, 2.05) is 0 Å². The van der Waals surface area contributed by atoms with Gasteiger partial charge in [0.05, 0.1) is 11.2 Å². The molecule has 0 aromatic carbocycles. The first-order chi connectivity index (χ1) is 9.38. The summed E-state index contributed by atoms with van der Waals surface area (Å²) in [6.45, 7) is 2.31. The van der Waals surface area contributed by atoms with Gasteiger partial charge < -0.3 is 15.5 Å². The molecule has 1 amide bonds. The summed E-state index contributed by atoms with van der Waals surface area (Å²) in [4.78, 5) is 25.2. The molecule has 0 atom stereocenters. The van der Waals surface area contributed by atoms with Crippen LogP contribution in [0.4, 0.5) is 0 Å². The summed E-state index contributed by atoms with van der Waals surface area (Å²) in [5, 5.41) is 22.2. The third-order valence-corrected chi connectivity index (χ3v) is 3.88. The molecule has 0 unspecified atom stereocenters. The number of carbonyl (C=O) groups excluding carboxylic acids is 1. The molecule has 1 aliphatic rings. The van der Waals surface area contributed by atoms with Crippen molar-refractivity contribution in [3.05, 3.63) is 28.0 Å². The molecule has 0 saturated heterocycles. The van der Waals surface area contributed by atoms with Crippen molar-refractivity contribution in [1.82, 2.24) is 10.3 Å². The van der Waals surface area contributed by atoms with E-state index in [9.17, 15) is 19.8 Å². The van der Waals surface area contributed by atoms with Crippen molar-refractivity contribution in [2.24, 2.45) is 5.92 Å². The van der Waals surface area contributed by atoms with E-state index in [1.54, 1.807) is 0 Å². The van der Waals surface area contributed by atoms with Crippen LogP contribution >= 0.6 is 0 Å². The minimum atomic E-state index is -0.870. The number of aromatic amines is 1. The summed E-state index contributed by atoms with van der Waals surface area (Å²) in [6, 6.07) is 2.30. The Balaban J connectivity index is 1.96. The molecule has 0 spiro atoms. The predicted molar refractivity (Wildman–Crippen MR) is 73.6 cm³/mol. The Kier molecular flexibility index (Phi) is 4.13. The second-order valence-corrected chi connectivity index (χ2v) is 5.71. The second kappa shape index (κ2) is 5.66. The number of aliphatic hydroxyl groups is 1. The van der Waals surface area contributed by atoms with Crippen LogP contribution in [0.15, 0.2) is 16.9 Å². The van der Waals surface area contributed by atoms with E-state index in [2.05, 4.69) is 17.2 Å². The molecular formula is C14H20N2O4. The topological polar surface area (TPSA) is 102 Å². The Bertz CT molecular complexity index is 544. The molecule has 1 aromatic heterocycles. The van der Waals surface area contributed by atoms with Gasteiger partial charge in [-0.3, -0.25) is 14.6 Å². The minimum Gasteiger partial charge on any atom is -0.494 e. The Morgan fingerprint density at radius 3 is 2.70 bits per heavy atom. The third kappa shape index (κ3) is 3.60. The van der Waals surface area contributed by atoms with Crippen LogP contribution in [0.2, 0.25) is 0 Å². The molecule has 1 aliphatic carbocycles. The van der Waals surface area contributed by atoms with Crippen LogP contribution in [-0.4, -0.2) is 33.3 Å². The van der Waals surface area contributed by atoms with Gasteiger partial charge in [-0.05, 0) is 31.6 Å². The number of aromatic nitrogens is 1. The highest BCUT2D eigenvalue weighted by Gasteiger charge is 2.32. The Morgan fingerprint density at radius 2 is 2.10 bits per heavy atom. The van der Waals surface area contributed by atoms with E-state index in [0.29, 0.717) is 18.8 Å². The Morgan fingerprint density at radius 1 is 1.45 bits per heavy atom. The number of hydrogen-bond acceptors (Lipinski definition) is 4. The minimum absolute atomic E-state index is 0.0824. The lowest BCUT2D eigenvalue weighted by atomic mass is 9.79. The van der Waals surface area contributed by atoms with Gasteiger partial charge in [0.15, 0.2) is 5.88 Å². The van der Waals surface area contributed by atoms with Crippen LogP contribution in [0.5, 0.6) is 5.88 Å². The standard InChI is InChI=1S/C14H20N2O4/c1-9-2-4-14(20,5-3-9)8-15-13(19)10-6-11(17)16-12(18)7-10/h6-7,9,20H,2-5,8H2,1H3,(H,15,19)(H2,16,17,18). The maximum absolute atomic E-state index is 11.9. The summed E-state index contributed by atoms with van der Waals surface area (Å²) >= 11 is 0. The lowest BCUT2D eigenvalue weighted by molar-refractivity contribution is -0.00540. The van der Waals surface area contributed by atoms with Crippen molar-refractivity contribution in [2.45, 2.75) is 38.2 Å². The molecule has 20 heavy (non-hydrogen) atoms. The fourth-order valence-electron chi connectivity index (χ4n) is 2.48. The smallest absolute Gasteiger partial charge is 0.251 e. The van der Waals surface area contributed by atoms with Gasteiger partial charge in [-0.25, -0.2) is 0 Å². The zero-order chi connectivity index (χ0) is 14.8. The van der Waals surface area contributed by atoms with Crippen molar-refractivity contribution >= 4 is 5.91 Å². The number of pyridine rings is 1.